The predicted molar refractivity (Wildman–Crippen MR) is 73.0 cm³/mol. The number of aryl methyl sites for hydroxylation is 1. The van der Waals surface area contributed by atoms with Crippen LogP contribution in [0.15, 0.2) is 42.5 Å². The fourth-order valence-corrected chi connectivity index (χ4v) is 2.27. The predicted octanol–water partition coefficient (Wildman–Crippen LogP) is 3.53. The van der Waals surface area contributed by atoms with E-state index in [9.17, 15) is 0 Å². The zero-order valence-corrected chi connectivity index (χ0v) is 9.77. The SMILES string of the molecule is CCc1cc(N)cc2nc3ccccc3cc12. The van der Waals surface area contributed by atoms with E-state index in [0.717, 1.165) is 23.1 Å². The molecule has 0 bridgehead atoms. The van der Waals surface area contributed by atoms with Crippen molar-refractivity contribution in [3.63, 3.8) is 0 Å². The van der Waals surface area contributed by atoms with E-state index >= 15 is 0 Å². The third-order valence-electron chi connectivity index (χ3n) is 3.12. The van der Waals surface area contributed by atoms with E-state index < -0.39 is 0 Å². The number of fused-ring (bicyclic) bond motifs is 2. The average molecular weight is 222 g/mol. The lowest BCUT2D eigenvalue weighted by molar-refractivity contribution is 1.16. The first-order chi connectivity index (χ1) is 8.28. The minimum Gasteiger partial charge on any atom is -0.399 e. The fourth-order valence-electron chi connectivity index (χ4n) is 2.27. The lowest BCUT2D eigenvalue weighted by atomic mass is 10.0. The second-order valence-corrected chi connectivity index (χ2v) is 4.28. The number of pyridine rings is 1. The van der Waals surface area contributed by atoms with E-state index in [0.29, 0.717) is 0 Å². The number of hydrogen-bond acceptors (Lipinski definition) is 2. The summed E-state index contributed by atoms with van der Waals surface area (Å²) in [4.78, 5) is 4.67. The van der Waals surface area contributed by atoms with Crippen molar-refractivity contribution >= 4 is 27.5 Å². The minimum atomic E-state index is 0.789. The first-order valence-corrected chi connectivity index (χ1v) is 5.86. The monoisotopic (exact) mass is 222 g/mol. The molecule has 3 rings (SSSR count). The van der Waals surface area contributed by atoms with E-state index in [1.165, 1.54) is 16.3 Å². The number of rotatable bonds is 1. The smallest absolute Gasteiger partial charge is 0.0732 e. The highest BCUT2D eigenvalue weighted by Crippen LogP contribution is 2.25. The van der Waals surface area contributed by atoms with Crippen LogP contribution < -0.4 is 5.73 Å². The van der Waals surface area contributed by atoms with Gasteiger partial charge in [-0.05, 0) is 36.2 Å². The number of benzene rings is 2. The van der Waals surface area contributed by atoms with E-state index in [1.807, 2.05) is 30.3 Å². The van der Waals surface area contributed by atoms with Gasteiger partial charge in [-0.15, -0.1) is 0 Å². The molecule has 0 aliphatic rings. The van der Waals surface area contributed by atoms with Gasteiger partial charge in [0, 0.05) is 16.5 Å². The number of anilines is 1. The van der Waals surface area contributed by atoms with Gasteiger partial charge in [-0.2, -0.15) is 0 Å². The molecule has 0 fully saturated rings. The molecule has 1 heterocycles. The normalized spacial score (nSPS) is 11.1. The number of hydrogen-bond donors (Lipinski definition) is 1. The standard InChI is InChI=1S/C15H14N2/c1-2-10-7-12(16)9-15-13(10)8-11-5-3-4-6-14(11)17-15/h3-9H,2,16H2,1H3. The second kappa shape index (κ2) is 3.74. The molecule has 2 nitrogen and oxygen atoms in total. The van der Waals surface area contributed by atoms with Gasteiger partial charge in [0.25, 0.3) is 0 Å². The molecule has 0 spiro atoms. The van der Waals surface area contributed by atoms with Crippen molar-refractivity contribution in [1.29, 1.82) is 0 Å². The Labute approximate surface area is 100 Å². The summed E-state index contributed by atoms with van der Waals surface area (Å²) < 4.78 is 0. The molecule has 0 saturated heterocycles. The van der Waals surface area contributed by atoms with Crippen molar-refractivity contribution in [3.8, 4) is 0 Å². The van der Waals surface area contributed by atoms with E-state index in [2.05, 4.69) is 24.0 Å². The van der Waals surface area contributed by atoms with Crippen LogP contribution in [0.5, 0.6) is 0 Å². The Kier molecular flexibility index (Phi) is 2.22. The highest BCUT2D eigenvalue weighted by atomic mass is 14.7. The molecule has 0 aliphatic carbocycles. The van der Waals surface area contributed by atoms with Crippen LogP contribution in [0.4, 0.5) is 5.69 Å². The summed E-state index contributed by atoms with van der Waals surface area (Å²) >= 11 is 0. The Morgan fingerprint density at radius 3 is 2.71 bits per heavy atom. The number of para-hydroxylation sites is 1. The van der Waals surface area contributed by atoms with Crippen LogP contribution in [0.1, 0.15) is 12.5 Å². The molecule has 0 saturated carbocycles. The van der Waals surface area contributed by atoms with Crippen LogP contribution in [-0.4, -0.2) is 4.98 Å². The molecule has 2 N–H and O–H groups in total. The van der Waals surface area contributed by atoms with Gasteiger partial charge in [-0.1, -0.05) is 25.1 Å². The lowest BCUT2D eigenvalue weighted by Gasteiger charge is -2.07. The van der Waals surface area contributed by atoms with Gasteiger partial charge in [-0.25, -0.2) is 4.98 Å². The number of nitrogens with zero attached hydrogens (tertiary/aromatic N) is 1. The third-order valence-corrected chi connectivity index (χ3v) is 3.12. The maximum atomic E-state index is 5.90. The molecule has 0 amide bonds. The van der Waals surface area contributed by atoms with Gasteiger partial charge in [0.05, 0.1) is 11.0 Å². The van der Waals surface area contributed by atoms with Crippen molar-refractivity contribution in [2.75, 3.05) is 5.73 Å². The molecule has 0 radical (unpaired) electrons. The van der Waals surface area contributed by atoms with Crippen LogP contribution in [-0.2, 0) is 6.42 Å². The van der Waals surface area contributed by atoms with Gasteiger partial charge < -0.3 is 5.73 Å². The Balaban J connectivity index is 2.47. The van der Waals surface area contributed by atoms with Gasteiger partial charge in [0.2, 0.25) is 0 Å². The molecule has 2 aromatic carbocycles. The van der Waals surface area contributed by atoms with Crippen molar-refractivity contribution in [3.05, 3.63) is 48.0 Å². The van der Waals surface area contributed by atoms with Crippen LogP contribution in [0, 0.1) is 0 Å². The summed E-state index contributed by atoms with van der Waals surface area (Å²) in [6, 6.07) is 14.4. The Morgan fingerprint density at radius 2 is 1.88 bits per heavy atom. The number of aromatic nitrogens is 1. The number of nitrogens with two attached hydrogens (primary N) is 1. The van der Waals surface area contributed by atoms with Crippen molar-refractivity contribution in [2.24, 2.45) is 0 Å². The largest absolute Gasteiger partial charge is 0.399 e. The highest BCUT2D eigenvalue weighted by Gasteiger charge is 2.04. The maximum Gasteiger partial charge on any atom is 0.0732 e. The van der Waals surface area contributed by atoms with Crippen LogP contribution in [0.3, 0.4) is 0 Å². The quantitative estimate of drug-likeness (QED) is 0.505. The van der Waals surface area contributed by atoms with Crippen molar-refractivity contribution in [1.82, 2.24) is 4.98 Å². The molecule has 1 aromatic heterocycles. The topological polar surface area (TPSA) is 38.9 Å². The number of nitrogen functional groups attached to an aromatic ring is 1. The van der Waals surface area contributed by atoms with E-state index in [-0.39, 0.29) is 0 Å². The van der Waals surface area contributed by atoms with E-state index in [1.54, 1.807) is 0 Å². The molecular formula is C15H14N2. The summed E-state index contributed by atoms with van der Waals surface area (Å²) in [6.07, 6.45) is 0.974. The average Bonchev–Trinajstić information content (AvgIpc) is 2.35. The van der Waals surface area contributed by atoms with E-state index in [4.69, 9.17) is 5.73 Å². The molecule has 84 valence electrons. The first kappa shape index (κ1) is 10.1. The summed E-state index contributed by atoms with van der Waals surface area (Å²) in [7, 11) is 0. The molecule has 0 unspecified atom stereocenters. The van der Waals surface area contributed by atoms with Crippen LogP contribution in [0.2, 0.25) is 0 Å². The van der Waals surface area contributed by atoms with Crippen molar-refractivity contribution < 1.29 is 0 Å². The van der Waals surface area contributed by atoms with Gasteiger partial charge in [-0.3, -0.25) is 0 Å². The Hall–Kier alpha value is -2.09. The fraction of sp³-hybridized carbons (Fsp3) is 0.133. The maximum absolute atomic E-state index is 5.90. The molecule has 0 atom stereocenters. The first-order valence-electron chi connectivity index (χ1n) is 5.86. The van der Waals surface area contributed by atoms with Gasteiger partial charge in [0.1, 0.15) is 0 Å². The summed E-state index contributed by atoms with van der Waals surface area (Å²) in [5.74, 6) is 0. The summed E-state index contributed by atoms with van der Waals surface area (Å²) in [6.45, 7) is 2.14. The summed E-state index contributed by atoms with van der Waals surface area (Å²) in [5, 5.41) is 2.39. The minimum absolute atomic E-state index is 0.789. The van der Waals surface area contributed by atoms with Gasteiger partial charge >= 0.3 is 0 Å². The molecule has 17 heavy (non-hydrogen) atoms. The highest BCUT2D eigenvalue weighted by molar-refractivity contribution is 5.95. The summed E-state index contributed by atoms with van der Waals surface area (Å²) in [5.41, 5.74) is 9.96. The molecule has 3 aromatic rings. The van der Waals surface area contributed by atoms with Crippen LogP contribution >= 0.6 is 0 Å². The third kappa shape index (κ3) is 1.62. The lowest BCUT2D eigenvalue weighted by Crippen LogP contribution is -1.92. The Bertz CT molecular complexity index is 702. The molecule has 0 aliphatic heterocycles. The van der Waals surface area contributed by atoms with Crippen LogP contribution in [0.25, 0.3) is 21.8 Å². The zero-order chi connectivity index (χ0) is 11.8. The molecular weight excluding hydrogens is 208 g/mol. The zero-order valence-electron chi connectivity index (χ0n) is 9.77. The Morgan fingerprint density at radius 1 is 1.06 bits per heavy atom. The molecule has 2 heteroatoms. The van der Waals surface area contributed by atoms with Gasteiger partial charge in [0.15, 0.2) is 0 Å². The van der Waals surface area contributed by atoms with Crippen molar-refractivity contribution in [2.45, 2.75) is 13.3 Å². The second-order valence-electron chi connectivity index (χ2n) is 4.28.